The van der Waals surface area contributed by atoms with E-state index in [1.807, 2.05) is 6.07 Å². The van der Waals surface area contributed by atoms with Gasteiger partial charge in [-0.15, -0.1) is 0 Å². The van der Waals surface area contributed by atoms with E-state index in [1.165, 1.54) is 16.7 Å². The molecule has 1 nitrogen and oxygen atoms in total. The van der Waals surface area contributed by atoms with E-state index >= 15 is 0 Å². The summed E-state index contributed by atoms with van der Waals surface area (Å²) in [6.07, 6.45) is 0. The summed E-state index contributed by atoms with van der Waals surface area (Å²) in [5, 5.41) is 0. The summed E-state index contributed by atoms with van der Waals surface area (Å²) in [4.78, 5) is 0. The summed E-state index contributed by atoms with van der Waals surface area (Å²) < 4.78 is 6.09. The lowest BCUT2D eigenvalue weighted by molar-refractivity contribution is 0.417. The Morgan fingerprint density at radius 3 is 2.44 bits per heavy atom. The SMILES string of the molecule is Cc1cccc2c1Oc1ccccc1C2C(C)C. The van der Waals surface area contributed by atoms with E-state index in [0.717, 1.165) is 11.5 Å². The van der Waals surface area contributed by atoms with Gasteiger partial charge in [0.05, 0.1) is 0 Å². The van der Waals surface area contributed by atoms with Gasteiger partial charge < -0.3 is 4.74 Å². The first-order valence-corrected chi connectivity index (χ1v) is 6.54. The summed E-state index contributed by atoms with van der Waals surface area (Å²) in [5.74, 6) is 3.06. The fourth-order valence-electron chi connectivity index (χ4n) is 2.89. The van der Waals surface area contributed by atoms with Crippen molar-refractivity contribution in [2.24, 2.45) is 5.92 Å². The van der Waals surface area contributed by atoms with Crippen molar-refractivity contribution in [3.05, 3.63) is 59.2 Å². The van der Waals surface area contributed by atoms with E-state index in [0.29, 0.717) is 11.8 Å². The van der Waals surface area contributed by atoms with Crippen LogP contribution in [-0.4, -0.2) is 0 Å². The maximum Gasteiger partial charge on any atom is 0.134 e. The van der Waals surface area contributed by atoms with Gasteiger partial charge in [-0.3, -0.25) is 0 Å². The molecule has 3 rings (SSSR count). The van der Waals surface area contributed by atoms with Crippen molar-refractivity contribution >= 4 is 0 Å². The second kappa shape index (κ2) is 4.16. The third kappa shape index (κ3) is 1.62. The van der Waals surface area contributed by atoms with E-state index in [-0.39, 0.29) is 0 Å². The van der Waals surface area contributed by atoms with Crippen LogP contribution in [0, 0.1) is 12.8 Å². The number of ether oxygens (including phenoxy) is 1. The Morgan fingerprint density at radius 1 is 0.944 bits per heavy atom. The van der Waals surface area contributed by atoms with Crippen molar-refractivity contribution in [2.75, 3.05) is 0 Å². The molecule has 18 heavy (non-hydrogen) atoms. The van der Waals surface area contributed by atoms with Gasteiger partial charge in [0.2, 0.25) is 0 Å². The van der Waals surface area contributed by atoms with Gasteiger partial charge in [-0.25, -0.2) is 0 Å². The number of para-hydroxylation sites is 2. The van der Waals surface area contributed by atoms with Gasteiger partial charge in [0.25, 0.3) is 0 Å². The number of fused-ring (bicyclic) bond motifs is 2. The highest BCUT2D eigenvalue weighted by atomic mass is 16.5. The lowest BCUT2D eigenvalue weighted by atomic mass is 9.80. The molecule has 1 aliphatic rings. The number of hydrogen-bond donors (Lipinski definition) is 0. The first kappa shape index (κ1) is 11.3. The maximum absolute atomic E-state index is 6.09. The maximum atomic E-state index is 6.09. The first-order valence-electron chi connectivity index (χ1n) is 6.54. The molecule has 1 atom stereocenters. The van der Waals surface area contributed by atoms with Crippen molar-refractivity contribution in [2.45, 2.75) is 26.7 Å². The molecule has 0 N–H and O–H groups in total. The van der Waals surface area contributed by atoms with Crippen LogP contribution in [0.3, 0.4) is 0 Å². The van der Waals surface area contributed by atoms with Gasteiger partial charge in [0.15, 0.2) is 0 Å². The van der Waals surface area contributed by atoms with Crippen LogP contribution in [0.25, 0.3) is 0 Å². The summed E-state index contributed by atoms with van der Waals surface area (Å²) in [5.41, 5.74) is 3.85. The quantitative estimate of drug-likeness (QED) is 0.687. The minimum Gasteiger partial charge on any atom is -0.456 e. The molecule has 1 unspecified atom stereocenters. The van der Waals surface area contributed by atoms with E-state index in [1.54, 1.807) is 0 Å². The Bertz CT molecular complexity index is 584. The van der Waals surface area contributed by atoms with Crippen molar-refractivity contribution < 1.29 is 4.74 Å². The van der Waals surface area contributed by atoms with E-state index in [2.05, 4.69) is 57.2 Å². The highest BCUT2D eigenvalue weighted by Crippen LogP contribution is 2.48. The standard InChI is InChI=1S/C17H18O/c1-11(2)16-13-8-4-5-10-15(13)18-17-12(3)7-6-9-14(16)17/h4-11,16H,1-3H3. The fraction of sp³-hybridized carbons (Fsp3) is 0.294. The zero-order valence-corrected chi connectivity index (χ0v) is 11.1. The molecule has 2 aromatic carbocycles. The molecule has 92 valence electrons. The average molecular weight is 238 g/mol. The third-order valence-corrected chi connectivity index (χ3v) is 3.71. The summed E-state index contributed by atoms with van der Waals surface area (Å²) in [7, 11) is 0. The number of aryl methyl sites for hydroxylation is 1. The highest BCUT2D eigenvalue weighted by Gasteiger charge is 2.29. The Morgan fingerprint density at radius 2 is 1.67 bits per heavy atom. The number of hydrogen-bond acceptors (Lipinski definition) is 1. The van der Waals surface area contributed by atoms with Crippen LogP contribution in [0.2, 0.25) is 0 Å². The summed E-state index contributed by atoms with van der Waals surface area (Å²) in [6.45, 7) is 6.67. The Balaban J connectivity index is 2.24. The number of rotatable bonds is 1. The van der Waals surface area contributed by atoms with Crippen molar-refractivity contribution in [1.82, 2.24) is 0 Å². The molecule has 0 radical (unpaired) electrons. The zero-order valence-electron chi connectivity index (χ0n) is 11.1. The van der Waals surface area contributed by atoms with E-state index < -0.39 is 0 Å². The largest absolute Gasteiger partial charge is 0.456 e. The van der Waals surface area contributed by atoms with Gasteiger partial charge in [-0.2, -0.15) is 0 Å². The van der Waals surface area contributed by atoms with Crippen LogP contribution in [0.5, 0.6) is 11.5 Å². The van der Waals surface area contributed by atoms with Gasteiger partial charge >= 0.3 is 0 Å². The van der Waals surface area contributed by atoms with Crippen molar-refractivity contribution in [1.29, 1.82) is 0 Å². The van der Waals surface area contributed by atoms with Crippen molar-refractivity contribution in [3.8, 4) is 11.5 Å². The van der Waals surface area contributed by atoms with Gasteiger partial charge in [-0.05, 0) is 24.5 Å². The fourth-order valence-corrected chi connectivity index (χ4v) is 2.89. The van der Waals surface area contributed by atoms with Crippen LogP contribution in [0.15, 0.2) is 42.5 Å². The molecule has 0 saturated carbocycles. The second-order valence-corrected chi connectivity index (χ2v) is 5.35. The van der Waals surface area contributed by atoms with Gasteiger partial charge in [-0.1, -0.05) is 50.2 Å². The minimum absolute atomic E-state index is 0.435. The minimum atomic E-state index is 0.435. The Hall–Kier alpha value is -1.76. The zero-order chi connectivity index (χ0) is 12.7. The van der Waals surface area contributed by atoms with Crippen LogP contribution < -0.4 is 4.74 Å². The first-order chi connectivity index (χ1) is 8.68. The number of benzene rings is 2. The molecule has 2 aromatic rings. The van der Waals surface area contributed by atoms with Gasteiger partial charge in [0.1, 0.15) is 11.5 Å². The Kier molecular flexibility index (Phi) is 2.62. The molecule has 1 heteroatoms. The molecule has 0 aromatic heterocycles. The predicted octanol–water partition coefficient (Wildman–Crippen LogP) is 4.89. The Labute approximate surface area is 108 Å². The van der Waals surface area contributed by atoms with Crippen molar-refractivity contribution in [3.63, 3.8) is 0 Å². The average Bonchev–Trinajstić information content (AvgIpc) is 2.36. The van der Waals surface area contributed by atoms with Crippen LogP contribution in [-0.2, 0) is 0 Å². The summed E-state index contributed by atoms with van der Waals surface area (Å²) in [6, 6.07) is 14.8. The van der Waals surface area contributed by atoms with Crippen LogP contribution in [0.1, 0.15) is 36.5 Å². The molecule has 0 fully saturated rings. The molecule has 0 bridgehead atoms. The molecule has 0 spiro atoms. The smallest absolute Gasteiger partial charge is 0.134 e. The molecule has 1 heterocycles. The van der Waals surface area contributed by atoms with Gasteiger partial charge in [0, 0.05) is 17.0 Å². The topological polar surface area (TPSA) is 9.23 Å². The predicted molar refractivity (Wildman–Crippen MR) is 74.4 cm³/mol. The summed E-state index contributed by atoms with van der Waals surface area (Å²) >= 11 is 0. The normalized spacial score (nSPS) is 17.0. The van der Waals surface area contributed by atoms with E-state index in [4.69, 9.17) is 4.74 Å². The van der Waals surface area contributed by atoms with Crippen LogP contribution >= 0.6 is 0 Å². The monoisotopic (exact) mass is 238 g/mol. The van der Waals surface area contributed by atoms with E-state index in [9.17, 15) is 0 Å². The molecular weight excluding hydrogens is 220 g/mol. The molecule has 0 amide bonds. The lowest BCUT2D eigenvalue weighted by Crippen LogP contribution is -2.15. The molecular formula is C17H18O. The second-order valence-electron chi connectivity index (χ2n) is 5.35. The molecule has 1 aliphatic heterocycles. The highest BCUT2D eigenvalue weighted by molar-refractivity contribution is 5.56. The third-order valence-electron chi connectivity index (χ3n) is 3.71. The molecule has 0 saturated heterocycles. The molecule has 0 aliphatic carbocycles. The van der Waals surface area contributed by atoms with Crippen LogP contribution in [0.4, 0.5) is 0 Å². The lowest BCUT2D eigenvalue weighted by Gasteiger charge is -2.31.